The summed E-state index contributed by atoms with van der Waals surface area (Å²) in [4.78, 5) is 12.5. The van der Waals surface area contributed by atoms with Crippen molar-refractivity contribution in [3.8, 4) is 0 Å². The first-order chi connectivity index (χ1) is 7.83. The summed E-state index contributed by atoms with van der Waals surface area (Å²) in [5.74, 6) is 1.96. The minimum Gasteiger partial charge on any atom is -0.396 e. The molecule has 0 fully saturated rings. The van der Waals surface area contributed by atoms with Crippen LogP contribution in [0.5, 0.6) is 0 Å². The molecule has 1 rings (SSSR count). The molecule has 0 spiro atoms. The molecule has 16 heavy (non-hydrogen) atoms. The molecule has 0 radical (unpaired) electrons. The number of rotatable bonds is 8. The Morgan fingerprint density at radius 3 is 3.06 bits per heavy atom. The SMILES string of the molecule is O=C(Cc1cccs1)NCCSCCCO. The Balaban J connectivity index is 1.98. The van der Waals surface area contributed by atoms with Crippen molar-refractivity contribution in [1.82, 2.24) is 5.32 Å². The third kappa shape index (κ3) is 6.15. The Morgan fingerprint density at radius 1 is 1.50 bits per heavy atom. The first-order valence-electron chi connectivity index (χ1n) is 5.30. The summed E-state index contributed by atoms with van der Waals surface area (Å²) in [6, 6.07) is 3.93. The fraction of sp³-hybridized carbons (Fsp3) is 0.545. The zero-order valence-electron chi connectivity index (χ0n) is 9.15. The second-order valence-electron chi connectivity index (χ2n) is 3.30. The van der Waals surface area contributed by atoms with Crippen LogP contribution in [0.2, 0.25) is 0 Å². The van der Waals surface area contributed by atoms with Crippen LogP contribution < -0.4 is 5.32 Å². The smallest absolute Gasteiger partial charge is 0.225 e. The van der Waals surface area contributed by atoms with Crippen LogP contribution in [0.15, 0.2) is 17.5 Å². The van der Waals surface area contributed by atoms with Gasteiger partial charge in [0.2, 0.25) is 5.91 Å². The van der Waals surface area contributed by atoms with Gasteiger partial charge in [-0.3, -0.25) is 4.79 Å². The zero-order valence-corrected chi connectivity index (χ0v) is 10.8. The number of aliphatic hydroxyl groups is 1. The summed E-state index contributed by atoms with van der Waals surface area (Å²) >= 11 is 3.36. The van der Waals surface area contributed by atoms with Gasteiger partial charge in [-0.25, -0.2) is 0 Å². The van der Waals surface area contributed by atoms with Crippen LogP contribution in [0.4, 0.5) is 0 Å². The predicted molar refractivity (Wildman–Crippen MR) is 70.1 cm³/mol. The molecule has 0 bridgehead atoms. The molecule has 1 aromatic rings. The van der Waals surface area contributed by atoms with E-state index in [1.165, 1.54) is 0 Å². The van der Waals surface area contributed by atoms with E-state index < -0.39 is 0 Å². The van der Waals surface area contributed by atoms with E-state index in [4.69, 9.17) is 5.11 Å². The van der Waals surface area contributed by atoms with Gasteiger partial charge < -0.3 is 10.4 Å². The average molecular weight is 259 g/mol. The van der Waals surface area contributed by atoms with Crippen molar-refractivity contribution in [2.24, 2.45) is 0 Å². The molecule has 2 N–H and O–H groups in total. The summed E-state index contributed by atoms with van der Waals surface area (Å²) < 4.78 is 0. The number of aliphatic hydroxyl groups excluding tert-OH is 1. The Hall–Kier alpha value is -0.520. The number of thiophene rings is 1. The van der Waals surface area contributed by atoms with Crippen molar-refractivity contribution in [3.63, 3.8) is 0 Å². The van der Waals surface area contributed by atoms with Crippen molar-refractivity contribution in [3.05, 3.63) is 22.4 Å². The van der Waals surface area contributed by atoms with Crippen molar-refractivity contribution < 1.29 is 9.90 Å². The van der Waals surface area contributed by atoms with Crippen LogP contribution in [0, 0.1) is 0 Å². The fourth-order valence-electron chi connectivity index (χ4n) is 1.17. The van der Waals surface area contributed by atoms with Gasteiger partial charge in [0.15, 0.2) is 0 Å². The van der Waals surface area contributed by atoms with Crippen molar-refractivity contribution in [1.29, 1.82) is 0 Å². The lowest BCUT2D eigenvalue weighted by molar-refractivity contribution is -0.120. The average Bonchev–Trinajstić information content (AvgIpc) is 2.76. The Bertz CT molecular complexity index is 288. The van der Waals surface area contributed by atoms with E-state index in [-0.39, 0.29) is 12.5 Å². The van der Waals surface area contributed by atoms with Crippen LogP contribution in [0.3, 0.4) is 0 Å². The highest BCUT2D eigenvalue weighted by molar-refractivity contribution is 7.99. The molecule has 0 saturated heterocycles. The van der Waals surface area contributed by atoms with Crippen LogP contribution in [0.25, 0.3) is 0 Å². The molecule has 0 unspecified atom stereocenters. The maximum atomic E-state index is 11.4. The molecule has 0 saturated carbocycles. The molecule has 0 aliphatic rings. The Kier molecular flexibility index (Phi) is 7.29. The molecule has 3 nitrogen and oxygen atoms in total. The second kappa shape index (κ2) is 8.61. The van der Waals surface area contributed by atoms with Crippen LogP contribution in [-0.4, -0.2) is 35.7 Å². The highest BCUT2D eigenvalue weighted by Gasteiger charge is 2.02. The number of hydrogen-bond acceptors (Lipinski definition) is 4. The molecular formula is C11H17NO2S2. The molecule has 90 valence electrons. The highest BCUT2D eigenvalue weighted by Crippen LogP contribution is 2.08. The van der Waals surface area contributed by atoms with E-state index in [0.717, 1.165) is 22.8 Å². The molecular weight excluding hydrogens is 242 g/mol. The summed E-state index contributed by atoms with van der Waals surface area (Å²) in [6.07, 6.45) is 1.31. The van der Waals surface area contributed by atoms with E-state index >= 15 is 0 Å². The Morgan fingerprint density at radius 2 is 2.38 bits per heavy atom. The topological polar surface area (TPSA) is 49.3 Å². The van der Waals surface area contributed by atoms with Gasteiger partial charge in [-0.15, -0.1) is 11.3 Å². The monoisotopic (exact) mass is 259 g/mol. The maximum Gasteiger partial charge on any atom is 0.225 e. The summed E-state index contributed by atoms with van der Waals surface area (Å²) in [5, 5.41) is 13.4. The summed E-state index contributed by atoms with van der Waals surface area (Å²) in [5.41, 5.74) is 0. The van der Waals surface area contributed by atoms with Gasteiger partial charge in [0.05, 0.1) is 6.42 Å². The van der Waals surface area contributed by atoms with E-state index in [1.54, 1.807) is 23.1 Å². The van der Waals surface area contributed by atoms with E-state index in [9.17, 15) is 4.79 Å². The number of hydrogen-bond donors (Lipinski definition) is 2. The summed E-state index contributed by atoms with van der Waals surface area (Å²) in [6.45, 7) is 0.956. The highest BCUT2D eigenvalue weighted by atomic mass is 32.2. The van der Waals surface area contributed by atoms with Gasteiger partial charge in [-0.2, -0.15) is 11.8 Å². The molecule has 0 aliphatic carbocycles. The molecule has 5 heteroatoms. The van der Waals surface area contributed by atoms with Gasteiger partial charge in [-0.05, 0) is 23.6 Å². The molecule has 1 amide bonds. The fourth-order valence-corrected chi connectivity index (χ4v) is 2.65. The molecule has 0 aromatic carbocycles. The molecule has 1 aromatic heterocycles. The zero-order chi connectivity index (χ0) is 11.6. The number of carbonyl (C=O) groups is 1. The minimum absolute atomic E-state index is 0.0882. The number of amides is 1. The normalized spacial score (nSPS) is 10.3. The minimum atomic E-state index is 0.0882. The first-order valence-corrected chi connectivity index (χ1v) is 7.34. The molecule has 0 atom stereocenters. The lowest BCUT2D eigenvalue weighted by Gasteiger charge is -2.03. The first kappa shape index (κ1) is 13.5. The third-order valence-corrected chi connectivity index (χ3v) is 3.88. The number of thioether (sulfide) groups is 1. The lowest BCUT2D eigenvalue weighted by Crippen LogP contribution is -2.27. The van der Waals surface area contributed by atoms with Gasteiger partial charge in [0, 0.05) is 23.8 Å². The van der Waals surface area contributed by atoms with Crippen LogP contribution >= 0.6 is 23.1 Å². The van der Waals surface area contributed by atoms with Gasteiger partial charge in [0.25, 0.3) is 0 Å². The van der Waals surface area contributed by atoms with Crippen LogP contribution in [0.1, 0.15) is 11.3 Å². The largest absolute Gasteiger partial charge is 0.396 e. The van der Waals surface area contributed by atoms with Gasteiger partial charge in [-0.1, -0.05) is 6.07 Å². The lowest BCUT2D eigenvalue weighted by atomic mass is 10.3. The molecule has 0 aliphatic heterocycles. The Labute approximate surface area is 104 Å². The standard InChI is InChI=1S/C11H17NO2S2/c13-5-2-6-15-8-4-12-11(14)9-10-3-1-7-16-10/h1,3,7,13H,2,4-6,8-9H2,(H,12,14). The van der Waals surface area contributed by atoms with E-state index in [0.29, 0.717) is 13.0 Å². The number of carbonyl (C=O) groups excluding carboxylic acids is 1. The van der Waals surface area contributed by atoms with Crippen molar-refractivity contribution >= 4 is 29.0 Å². The van der Waals surface area contributed by atoms with Crippen molar-refractivity contribution in [2.45, 2.75) is 12.8 Å². The second-order valence-corrected chi connectivity index (χ2v) is 5.55. The number of nitrogens with one attached hydrogen (secondary N) is 1. The van der Waals surface area contributed by atoms with Gasteiger partial charge in [0.1, 0.15) is 0 Å². The van der Waals surface area contributed by atoms with Crippen molar-refractivity contribution in [2.75, 3.05) is 24.7 Å². The maximum absolute atomic E-state index is 11.4. The predicted octanol–water partition coefficient (Wildman–Crippen LogP) is 1.52. The molecule has 1 heterocycles. The summed E-state index contributed by atoms with van der Waals surface area (Å²) in [7, 11) is 0. The van der Waals surface area contributed by atoms with Gasteiger partial charge >= 0.3 is 0 Å². The quantitative estimate of drug-likeness (QED) is 0.696. The van der Waals surface area contributed by atoms with Crippen LogP contribution in [-0.2, 0) is 11.2 Å². The van der Waals surface area contributed by atoms with E-state index in [2.05, 4.69) is 5.32 Å². The third-order valence-electron chi connectivity index (χ3n) is 1.93. The van der Waals surface area contributed by atoms with E-state index in [1.807, 2.05) is 17.5 Å².